The van der Waals surface area contributed by atoms with E-state index in [2.05, 4.69) is 83.1 Å². The molecule has 0 radical (unpaired) electrons. The fourth-order valence-electron chi connectivity index (χ4n) is 8.73. The van der Waals surface area contributed by atoms with Gasteiger partial charge < -0.3 is 43.9 Å². The van der Waals surface area contributed by atoms with Crippen molar-refractivity contribution in [2.45, 2.75) is 255 Å². The van der Waals surface area contributed by atoms with Crippen LogP contribution in [0.5, 0.6) is 0 Å². The second-order valence-electron chi connectivity index (χ2n) is 19.7. The summed E-state index contributed by atoms with van der Waals surface area (Å²) in [5, 5.41) is 5.91. The van der Waals surface area contributed by atoms with E-state index in [1.807, 2.05) is 0 Å². The number of rotatable bonds is 41. The molecule has 0 aliphatic carbocycles. The summed E-state index contributed by atoms with van der Waals surface area (Å²) >= 11 is 0. The topological polar surface area (TPSA) is 161 Å². The first-order valence-corrected chi connectivity index (χ1v) is 31.1. The SMILES string of the molecule is CCCC[N+](CCCC)(CCCC)CCCC.CCCC[N+](CCCC)(CCCC)CCCC.CCCC[N+](CCCC)(CCCC)CCCC.NCCCC(O)(P(=O)(O)O)P(=O)(O)O. The quantitative estimate of drug-likeness (QED) is 0.0261. The molecule has 0 aliphatic heterocycles. The Kier molecular flexibility index (Phi) is 49.9. The van der Waals surface area contributed by atoms with Gasteiger partial charge in [-0.25, -0.2) is 0 Å². The van der Waals surface area contributed by atoms with E-state index >= 15 is 0 Å². The molecule has 0 saturated heterocycles. The van der Waals surface area contributed by atoms with Gasteiger partial charge in [-0.05, 0) is 90.0 Å². The summed E-state index contributed by atoms with van der Waals surface area (Å²) in [4.78, 5) is 34.5. The third-order valence-electron chi connectivity index (χ3n) is 13.5. The van der Waals surface area contributed by atoms with Gasteiger partial charge in [0.05, 0.1) is 78.5 Å². The predicted molar refractivity (Wildman–Crippen MR) is 285 cm³/mol. The highest BCUT2D eigenvalue weighted by atomic mass is 31.2. The van der Waals surface area contributed by atoms with Crippen molar-refractivity contribution in [3.05, 3.63) is 0 Å². The summed E-state index contributed by atoms with van der Waals surface area (Å²) in [6, 6.07) is 0. The van der Waals surface area contributed by atoms with Crippen LogP contribution in [-0.4, -0.2) is 128 Å². The second kappa shape index (κ2) is 45.3. The molecule has 0 spiro atoms. The minimum absolute atomic E-state index is 0.0394. The highest BCUT2D eigenvalue weighted by Crippen LogP contribution is 2.69. The van der Waals surface area contributed by atoms with Gasteiger partial charge in [-0.1, -0.05) is 160 Å². The van der Waals surface area contributed by atoms with Gasteiger partial charge in [-0.2, -0.15) is 0 Å². The smallest absolute Gasteiger partial charge is 0.368 e. The molecule has 0 unspecified atom stereocenters. The molecule has 0 aromatic carbocycles. The molecule has 0 rings (SSSR count). The lowest BCUT2D eigenvalue weighted by Gasteiger charge is -2.39. The van der Waals surface area contributed by atoms with E-state index in [1.165, 1.54) is 246 Å². The third kappa shape index (κ3) is 35.8. The summed E-state index contributed by atoms with van der Waals surface area (Å²) in [6.07, 6.45) is 32.3. The molecule has 0 fully saturated rings. The Bertz CT molecular complexity index is 872. The second-order valence-corrected chi connectivity index (χ2v) is 23.7. The molecule has 398 valence electrons. The van der Waals surface area contributed by atoms with Crippen molar-refractivity contribution in [2.75, 3.05) is 85.1 Å². The Hall–Kier alpha value is 0.1000. The molecular weight excluding hydrogens is 855 g/mol. The Morgan fingerprint density at radius 2 is 0.462 bits per heavy atom. The maximum atomic E-state index is 10.7. The molecule has 0 saturated carbocycles. The van der Waals surface area contributed by atoms with Crippen molar-refractivity contribution in [2.24, 2.45) is 5.73 Å². The molecule has 0 aliphatic rings. The number of hydrogen-bond donors (Lipinski definition) is 6. The molecule has 0 aromatic rings. The molecular formula is C52H121N4O7P2+3. The van der Waals surface area contributed by atoms with E-state index < -0.39 is 26.7 Å². The summed E-state index contributed by atoms with van der Waals surface area (Å²) in [6.45, 7) is 45.0. The van der Waals surface area contributed by atoms with Gasteiger partial charge in [0.25, 0.3) is 5.08 Å². The van der Waals surface area contributed by atoms with Crippen LogP contribution >= 0.6 is 15.2 Å². The Morgan fingerprint density at radius 3 is 0.554 bits per heavy atom. The maximum absolute atomic E-state index is 10.7. The van der Waals surface area contributed by atoms with Crippen LogP contribution in [0.4, 0.5) is 0 Å². The van der Waals surface area contributed by atoms with Gasteiger partial charge in [-0.3, -0.25) is 9.13 Å². The number of unbranched alkanes of at least 4 members (excludes halogenated alkanes) is 12. The van der Waals surface area contributed by atoms with Gasteiger partial charge in [0.15, 0.2) is 0 Å². The number of nitrogens with zero attached hydrogens (tertiary/aromatic N) is 3. The van der Waals surface area contributed by atoms with E-state index in [1.54, 1.807) is 0 Å². The van der Waals surface area contributed by atoms with Crippen LogP contribution in [0.2, 0.25) is 0 Å². The normalized spacial score (nSPS) is 12.5. The number of hydrogen-bond acceptors (Lipinski definition) is 4. The summed E-state index contributed by atoms with van der Waals surface area (Å²) in [7, 11) is -10.6. The molecule has 0 heterocycles. The van der Waals surface area contributed by atoms with Crippen LogP contribution in [0.3, 0.4) is 0 Å². The first kappa shape index (κ1) is 71.6. The first-order chi connectivity index (χ1) is 30.8. The van der Waals surface area contributed by atoms with Crippen LogP contribution in [-0.2, 0) is 9.13 Å². The fraction of sp³-hybridized carbons (Fsp3) is 1.00. The average molecular weight is 977 g/mol. The van der Waals surface area contributed by atoms with Crippen LogP contribution in [0.15, 0.2) is 0 Å². The highest BCUT2D eigenvalue weighted by Gasteiger charge is 2.58. The van der Waals surface area contributed by atoms with Crippen LogP contribution < -0.4 is 5.73 Å². The maximum Gasteiger partial charge on any atom is 0.369 e. The Morgan fingerprint density at radius 1 is 0.323 bits per heavy atom. The van der Waals surface area contributed by atoms with Gasteiger partial charge in [0, 0.05) is 6.42 Å². The summed E-state index contributed by atoms with van der Waals surface area (Å²) < 4.78 is 25.7. The minimum atomic E-state index is -5.30. The molecule has 11 nitrogen and oxygen atoms in total. The third-order valence-corrected chi connectivity index (χ3v) is 17.4. The molecule has 65 heavy (non-hydrogen) atoms. The van der Waals surface area contributed by atoms with Gasteiger partial charge in [0.2, 0.25) is 0 Å². The molecule has 0 bridgehead atoms. The van der Waals surface area contributed by atoms with E-state index in [0.29, 0.717) is 0 Å². The molecule has 0 amide bonds. The first-order valence-electron chi connectivity index (χ1n) is 27.9. The minimum Gasteiger partial charge on any atom is -0.368 e. The monoisotopic (exact) mass is 976 g/mol. The molecule has 13 heteroatoms. The standard InChI is InChI=1S/3C16H36N.C4H13NO7P2/c3*1-5-9-13-17(14-10-6-2,15-11-7-3)16-12-8-4;5-3-1-2-4(6,13(7,8)9)14(10,11)12/h3*5-16H2,1-4H3;6H,1-3,5H2,(H2,7,8,9)(H2,10,11,12)/q3*+1;. The molecule has 0 atom stereocenters. The van der Waals surface area contributed by atoms with Crippen molar-refractivity contribution >= 4 is 15.2 Å². The van der Waals surface area contributed by atoms with E-state index in [4.69, 9.17) is 25.3 Å². The van der Waals surface area contributed by atoms with Crippen molar-refractivity contribution in [3.63, 3.8) is 0 Å². The summed E-state index contributed by atoms with van der Waals surface area (Å²) in [5.41, 5.74) is 5.01. The fourth-order valence-corrected chi connectivity index (χ4v) is 11.0. The van der Waals surface area contributed by atoms with Crippen molar-refractivity contribution in [1.82, 2.24) is 0 Å². The Labute approximate surface area is 407 Å². The lowest BCUT2D eigenvalue weighted by Crippen LogP contribution is -2.50. The number of aliphatic hydroxyl groups is 1. The lowest BCUT2D eigenvalue weighted by atomic mass is 10.1. The van der Waals surface area contributed by atoms with Gasteiger partial charge in [-0.15, -0.1) is 0 Å². The van der Waals surface area contributed by atoms with Crippen LogP contribution in [0.1, 0.15) is 250 Å². The number of quaternary nitrogens is 3. The van der Waals surface area contributed by atoms with Crippen LogP contribution in [0, 0.1) is 0 Å². The lowest BCUT2D eigenvalue weighted by molar-refractivity contribution is -0.929. The zero-order valence-corrected chi connectivity index (χ0v) is 47.7. The van der Waals surface area contributed by atoms with Crippen molar-refractivity contribution in [3.8, 4) is 0 Å². The van der Waals surface area contributed by atoms with E-state index in [0.717, 1.165) is 0 Å². The predicted octanol–water partition coefficient (Wildman–Crippen LogP) is 13.7. The Balaban J connectivity index is -0.000000383. The zero-order chi connectivity index (χ0) is 50.6. The highest BCUT2D eigenvalue weighted by molar-refractivity contribution is 7.72. The van der Waals surface area contributed by atoms with Gasteiger partial charge >= 0.3 is 15.2 Å². The molecule has 7 N–H and O–H groups in total. The van der Waals surface area contributed by atoms with E-state index in [9.17, 15) is 14.2 Å². The van der Waals surface area contributed by atoms with Crippen LogP contribution in [0.25, 0.3) is 0 Å². The van der Waals surface area contributed by atoms with E-state index in [-0.39, 0.29) is 13.0 Å². The zero-order valence-electron chi connectivity index (χ0n) is 45.9. The summed E-state index contributed by atoms with van der Waals surface area (Å²) in [5.74, 6) is 0. The number of nitrogens with two attached hydrogens (primary N) is 1. The average Bonchev–Trinajstić information content (AvgIpc) is 3.29. The van der Waals surface area contributed by atoms with Crippen molar-refractivity contribution < 1.29 is 47.3 Å². The van der Waals surface area contributed by atoms with Gasteiger partial charge in [0.1, 0.15) is 0 Å². The largest absolute Gasteiger partial charge is 0.369 e. The molecule has 0 aromatic heterocycles. The van der Waals surface area contributed by atoms with Crippen molar-refractivity contribution in [1.29, 1.82) is 0 Å².